The van der Waals surface area contributed by atoms with E-state index >= 15 is 0 Å². The van der Waals surface area contributed by atoms with Crippen LogP contribution < -0.4 is 35.3 Å². The fourth-order valence-electron chi connectivity index (χ4n) is 8.59. The molecule has 4 aromatic rings. The maximum Gasteiger partial charge on any atom is -0.172 e. The molecule has 3 heteroatoms. The van der Waals surface area contributed by atoms with Crippen molar-refractivity contribution in [3.8, 4) is 0 Å². The number of allylic oxidation sites excluding steroid dienone is 6. The normalized spacial score (nSPS) is 16.0. The van der Waals surface area contributed by atoms with E-state index < -0.39 is 0 Å². The van der Waals surface area contributed by atoms with Gasteiger partial charge in [0.1, 0.15) is 0 Å². The molecule has 4 aliphatic rings. The fourth-order valence-corrected chi connectivity index (χ4v) is 9.41. The molecule has 282 valence electrons. The van der Waals surface area contributed by atoms with Crippen molar-refractivity contribution < 1.29 is 49.0 Å². The molecular weight excluding hydrogens is 775 g/mol. The van der Waals surface area contributed by atoms with Gasteiger partial charge in [-0.1, -0.05) is 75.1 Å². The van der Waals surface area contributed by atoms with Crippen LogP contribution in [-0.2, 0) is 48.9 Å². The summed E-state index contributed by atoms with van der Waals surface area (Å²) in [5.41, 5.74) is 18.5. The molecule has 8 rings (SSSR count). The first-order valence-corrected chi connectivity index (χ1v) is 21.0. The van der Waals surface area contributed by atoms with Crippen LogP contribution >= 0.6 is 0 Å². The van der Waals surface area contributed by atoms with Crippen molar-refractivity contribution in [3.63, 3.8) is 0 Å². The van der Waals surface area contributed by atoms with Gasteiger partial charge < -0.3 is 24.8 Å². The quantitative estimate of drug-likeness (QED) is 0.199. The van der Waals surface area contributed by atoms with E-state index in [-0.39, 0.29) is 35.6 Å². The Hall–Kier alpha value is -2.83. The molecule has 0 N–H and O–H groups in total. The zero-order valence-corrected chi connectivity index (χ0v) is 37.8. The Morgan fingerprint density at radius 3 is 1.81 bits per heavy atom. The summed E-state index contributed by atoms with van der Waals surface area (Å²) < 4.78 is 1.45. The Morgan fingerprint density at radius 1 is 0.759 bits per heavy atom. The van der Waals surface area contributed by atoms with E-state index in [1.54, 1.807) is 27.8 Å². The van der Waals surface area contributed by atoms with Crippen LogP contribution in [0, 0.1) is 11.8 Å². The monoisotopic (exact) mass is 830 g/mol. The van der Waals surface area contributed by atoms with Gasteiger partial charge >= 0.3 is 151 Å². The van der Waals surface area contributed by atoms with Crippen molar-refractivity contribution >= 4 is 26.0 Å². The van der Waals surface area contributed by atoms with Crippen LogP contribution in [0.25, 0.3) is 22.8 Å². The zero-order chi connectivity index (χ0) is 37.0. The largest absolute Gasteiger partial charge is 1.00 e. The molecule has 0 atom stereocenters. The second kappa shape index (κ2) is 18.9. The third-order valence-corrected chi connectivity index (χ3v) is 12.7. The van der Waals surface area contributed by atoms with Gasteiger partial charge in [-0.2, -0.15) is 23.4 Å². The number of fused-ring (bicyclic) bond motifs is 7. The average molecular weight is 833 g/mol. The second-order valence-electron chi connectivity index (χ2n) is 16.6. The number of unbranched alkanes of at least 4 members (excludes halogenated alkanes) is 2. The van der Waals surface area contributed by atoms with Crippen molar-refractivity contribution in [2.45, 2.75) is 112 Å². The van der Waals surface area contributed by atoms with Gasteiger partial charge in [0, 0.05) is 0 Å². The molecule has 0 fully saturated rings. The van der Waals surface area contributed by atoms with Crippen molar-refractivity contribution in [3.05, 3.63) is 164 Å². The SMILES string of the molecule is CC1=CC=c2c1c1c(c3c2=C(C)[CH-]C3(C)C)CC2=C1CC(C)(C)C=C2.CCCCc1ccc([C](=[Zr+2])c2ccc(CCCC)cc2)cc1.[Cl-].[Cl-].c1cc[cH-]c1. The first kappa shape index (κ1) is 43.9. The van der Waals surface area contributed by atoms with Gasteiger partial charge in [-0.15, -0.1) is 5.56 Å². The van der Waals surface area contributed by atoms with Gasteiger partial charge in [-0.3, -0.25) is 0 Å². The first-order chi connectivity index (χ1) is 24.9. The van der Waals surface area contributed by atoms with E-state index in [1.165, 1.54) is 115 Å². The molecule has 0 nitrogen and oxygen atoms in total. The Kier molecular flexibility index (Phi) is 15.3. The molecule has 54 heavy (non-hydrogen) atoms. The summed E-state index contributed by atoms with van der Waals surface area (Å²) in [6.45, 7) is 18.6. The van der Waals surface area contributed by atoms with Crippen LogP contribution in [0.2, 0.25) is 0 Å². The predicted molar refractivity (Wildman–Crippen MR) is 224 cm³/mol. The minimum absolute atomic E-state index is 0. The van der Waals surface area contributed by atoms with Crippen molar-refractivity contribution in [2.75, 3.05) is 0 Å². The molecule has 0 spiro atoms. The number of aryl methyl sites for hydroxylation is 2. The zero-order valence-electron chi connectivity index (χ0n) is 33.8. The van der Waals surface area contributed by atoms with Crippen LogP contribution in [0.15, 0.2) is 103 Å². The number of hydrogen-bond acceptors (Lipinski definition) is 0. The van der Waals surface area contributed by atoms with Gasteiger partial charge in [0.15, 0.2) is 0 Å². The number of rotatable bonds is 8. The van der Waals surface area contributed by atoms with Crippen LogP contribution in [0.5, 0.6) is 0 Å². The standard InChI is InChI=1S/C25H27.C21H26.C5H5.2ClH.Zr/c1-14-7-8-17-20(14)22-18(23-21(17)15(2)12-25(23,5)6)11-16-9-10-24(3,4)13-19(16)22;1-3-5-7-18-9-13-20(14-10-18)17-21-15-11-19(12-16-21)8-6-4-2;1-2-4-5-3-1;;;/h7-10,12H,11,13H2,1-6H3;9-16H,3-8H2,1-2H3;1-5H;2*1H;/q-1;;-1;;;+2/p-2. The minimum atomic E-state index is 0. The molecule has 0 unspecified atom stereocenters. The summed E-state index contributed by atoms with van der Waals surface area (Å²) in [4.78, 5) is 0. The summed E-state index contributed by atoms with van der Waals surface area (Å²) in [5, 5.41) is 3.00. The molecule has 0 amide bonds. The molecule has 0 radical (unpaired) electrons. The summed E-state index contributed by atoms with van der Waals surface area (Å²) in [6.07, 6.45) is 21.8. The van der Waals surface area contributed by atoms with Crippen LogP contribution in [0.4, 0.5) is 0 Å². The van der Waals surface area contributed by atoms with Crippen LogP contribution in [0.3, 0.4) is 0 Å². The van der Waals surface area contributed by atoms with E-state index in [0.29, 0.717) is 0 Å². The third kappa shape index (κ3) is 9.57. The smallest absolute Gasteiger partial charge is 0.172 e. The maximum absolute atomic E-state index is 2.48. The van der Waals surface area contributed by atoms with Crippen molar-refractivity contribution in [2.24, 2.45) is 5.41 Å². The molecule has 0 aliphatic heterocycles. The Morgan fingerprint density at radius 2 is 1.31 bits per heavy atom. The molecule has 4 aliphatic carbocycles. The minimum Gasteiger partial charge on any atom is -1.00 e. The van der Waals surface area contributed by atoms with E-state index in [1.807, 2.05) is 30.3 Å². The van der Waals surface area contributed by atoms with Gasteiger partial charge in [-0.05, 0) is 53.0 Å². The first-order valence-electron chi connectivity index (χ1n) is 19.7. The summed E-state index contributed by atoms with van der Waals surface area (Å²) in [5.74, 6) is 0. The fraction of sp³-hybridized carbons (Fsp3) is 0.353. The van der Waals surface area contributed by atoms with Gasteiger partial charge in [-0.25, -0.2) is 24.1 Å². The summed E-state index contributed by atoms with van der Waals surface area (Å²) in [7, 11) is 0. The number of hydrogen-bond donors (Lipinski definition) is 0. The predicted octanol–water partition coefficient (Wildman–Crippen LogP) is 5.75. The van der Waals surface area contributed by atoms with E-state index in [0.717, 1.165) is 12.8 Å². The molecule has 0 aromatic heterocycles. The molecular formula is C51H58Cl2Zr-2. The van der Waals surface area contributed by atoms with Gasteiger partial charge in [0.2, 0.25) is 0 Å². The second-order valence-corrected chi connectivity index (χ2v) is 17.8. The summed E-state index contributed by atoms with van der Waals surface area (Å²) in [6, 6.07) is 28.4. The van der Waals surface area contributed by atoms with E-state index in [4.69, 9.17) is 0 Å². The molecule has 0 bridgehead atoms. The molecule has 0 heterocycles. The Bertz CT molecular complexity index is 2060. The summed E-state index contributed by atoms with van der Waals surface area (Å²) >= 11 is 1.48. The third-order valence-electron chi connectivity index (χ3n) is 11.3. The number of benzene rings is 3. The Balaban J connectivity index is 0.000000208. The van der Waals surface area contributed by atoms with E-state index in [2.05, 4.69) is 135 Å². The van der Waals surface area contributed by atoms with Gasteiger partial charge in [0.25, 0.3) is 0 Å². The molecule has 4 aromatic carbocycles. The van der Waals surface area contributed by atoms with Gasteiger partial charge in [0.05, 0.1) is 0 Å². The van der Waals surface area contributed by atoms with E-state index in [9.17, 15) is 0 Å². The average Bonchev–Trinajstić information content (AvgIpc) is 3.94. The van der Waals surface area contributed by atoms with Crippen molar-refractivity contribution in [1.82, 2.24) is 0 Å². The molecule has 0 saturated carbocycles. The van der Waals surface area contributed by atoms with Crippen LogP contribution in [-0.4, -0.2) is 3.21 Å². The van der Waals surface area contributed by atoms with Crippen LogP contribution in [0.1, 0.15) is 132 Å². The van der Waals surface area contributed by atoms with Crippen molar-refractivity contribution in [1.29, 1.82) is 0 Å². The number of halogens is 2. The molecule has 0 saturated heterocycles. The maximum atomic E-state index is 2.48. The topological polar surface area (TPSA) is 0 Å². The Labute approximate surface area is 354 Å².